The van der Waals surface area contributed by atoms with Crippen molar-refractivity contribution < 1.29 is 13.9 Å². The molecular formula is C23H19Cl2N3O3. The van der Waals surface area contributed by atoms with E-state index in [0.29, 0.717) is 33.9 Å². The van der Waals surface area contributed by atoms with E-state index in [1.807, 2.05) is 43.3 Å². The van der Waals surface area contributed by atoms with Gasteiger partial charge in [-0.2, -0.15) is 5.10 Å². The number of para-hydroxylation sites is 1. The molecule has 0 radical (unpaired) electrons. The highest BCUT2D eigenvalue weighted by molar-refractivity contribution is 6.32. The lowest BCUT2D eigenvalue weighted by atomic mass is 10.2. The van der Waals surface area contributed by atoms with Crippen molar-refractivity contribution in [2.45, 2.75) is 20.1 Å². The number of benzene rings is 2. The Balaban J connectivity index is 1.35. The smallest absolute Gasteiger partial charge is 0.292 e. The summed E-state index contributed by atoms with van der Waals surface area (Å²) in [6, 6.07) is 18.1. The number of rotatable bonds is 7. The first-order valence-electron chi connectivity index (χ1n) is 9.54. The molecule has 0 fully saturated rings. The Morgan fingerprint density at radius 3 is 2.68 bits per heavy atom. The summed E-state index contributed by atoms with van der Waals surface area (Å²) in [6.45, 7) is 2.64. The summed E-state index contributed by atoms with van der Waals surface area (Å²) in [5.41, 5.74) is 1.97. The Morgan fingerprint density at radius 1 is 1.10 bits per heavy atom. The average molecular weight is 456 g/mol. The van der Waals surface area contributed by atoms with Crippen LogP contribution in [-0.2, 0) is 13.2 Å². The predicted octanol–water partition coefficient (Wildman–Crippen LogP) is 5.97. The van der Waals surface area contributed by atoms with Gasteiger partial charge in [0.2, 0.25) is 0 Å². The quantitative estimate of drug-likeness (QED) is 0.372. The van der Waals surface area contributed by atoms with Gasteiger partial charge >= 0.3 is 0 Å². The normalized spacial score (nSPS) is 10.8. The molecule has 4 rings (SSSR count). The summed E-state index contributed by atoms with van der Waals surface area (Å²) in [7, 11) is 0. The van der Waals surface area contributed by atoms with Crippen molar-refractivity contribution in [1.29, 1.82) is 0 Å². The summed E-state index contributed by atoms with van der Waals surface area (Å²) in [5.74, 6) is 1.31. The number of halogens is 2. The third-order valence-corrected chi connectivity index (χ3v) is 5.10. The van der Waals surface area contributed by atoms with Gasteiger partial charge in [-0.05, 0) is 48.4 Å². The van der Waals surface area contributed by atoms with Gasteiger partial charge in [0.1, 0.15) is 18.1 Å². The van der Waals surface area contributed by atoms with E-state index in [-0.39, 0.29) is 12.4 Å². The topological polar surface area (TPSA) is 69.3 Å². The number of hydrogen-bond acceptors (Lipinski definition) is 4. The second-order valence-electron chi connectivity index (χ2n) is 6.92. The van der Waals surface area contributed by atoms with E-state index in [1.165, 1.54) is 0 Å². The molecule has 0 aliphatic heterocycles. The first-order chi connectivity index (χ1) is 15.0. The Morgan fingerprint density at radius 2 is 1.90 bits per heavy atom. The molecule has 0 aliphatic rings. The van der Waals surface area contributed by atoms with Crippen molar-refractivity contribution in [3.63, 3.8) is 0 Å². The second kappa shape index (κ2) is 9.29. The van der Waals surface area contributed by atoms with Crippen LogP contribution < -0.4 is 10.1 Å². The Hall–Kier alpha value is -3.22. The lowest BCUT2D eigenvalue weighted by Crippen LogP contribution is -2.12. The fourth-order valence-electron chi connectivity index (χ4n) is 2.99. The number of anilines is 1. The van der Waals surface area contributed by atoms with Crippen LogP contribution >= 0.6 is 23.2 Å². The van der Waals surface area contributed by atoms with Crippen molar-refractivity contribution in [2.24, 2.45) is 0 Å². The number of furan rings is 1. The molecule has 8 heteroatoms. The van der Waals surface area contributed by atoms with Crippen LogP contribution in [0.15, 0.2) is 71.3 Å². The van der Waals surface area contributed by atoms with Crippen molar-refractivity contribution in [1.82, 2.24) is 9.78 Å². The van der Waals surface area contributed by atoms with Gasteiger partial charge in [0.15, 0.2) is 11.6 Å². The van der Waals surface area contributed by atoms with E-state index in [1.54, 1.807) is 35.1 Å². The maximum Gasteiger partial charge on any atom is 0.292 e. The highest BCUT2D eigenvalue weighted by atomic mass is 35.5. The number of aryl methyl sites for hydroxylation is 1. The van der Waals surface area contributed by atoms with Gasteiger partial charge < -0.3 is 14.5 Å². The lowest BCUT2D eigenvalue weighted by Gasteiger charge is -2.09. The minimum absolute atomic E-state index is 0.160. The minimum Gasteiger partial charge on any atom is -0.484 e. The highest BCUT2D eigenvalue weighted by Crippen LogP contribution is 2.28. The van der Waals surface area contributed by atoms with Crippen molar-refractivity contribution in [2.75, 3.05) is 5.32 Å². The number of hydrogen-bond donors (Lipinski definition) is 1. The van der Waals surface area contributed by atoms with Gasteiger partial charge in [0.25, 0.3) is 5.91 Å². The van der Waals surface area contributed by atoms with Gasteiger partial charge in [-0.1, -0.05) is 47.5 Å². The Kier molecular flexibility index (Phi) is 6.30. The summed E-state index contributed by atoms with van der Waals surface area (Å²) in [4.78, 5) is 12.5. The number of nitrogens with zero attached hydrogens (tertiary/aromatic N) is 2. The van der Waals surface area contributed by atoms with Crippen molar-refractivity contribution in [3.8, 4) is 5.75 Å². The van der Waals surface area contributed by atoms with Gasteiger partial charge in [0, 0.05) is 17.3 Å². The molecule has 6 nitrogen and oxygen atoms in total. The standard InChI is InChI=1S/C23H19Cl2N3O3/c1-15-3-2-4-19(25)22(15)30-14-18-9-10-20(31-18)23(29)26-21-11-12-28(27-21)13-16-5-7-17(24)8-6-16/h2-12H,13-14H2,1H3,(H,26,27,29). The molecule has 0 aliphatic carbocycles. The number of ether oxygens (including phenoxy) is 1. The average Bonchev–Trinajstić information content (AvgIpc) is 3.39. The first kappa shape index (κ1) is 21.0. The monoisotopic (exact) mass is 455 g/mol. The SMILES string of the molecule is Cc1cccc(Cl)c1OCc1ccc(C(=O)Nc2ccn(Cc3ccc(Cl)cc3)n2)o1. The third-order valence-electron chi connectivity index (χ3n) is 4.55. The third kappa shape index (κ3) is 5.29. The molecule has 4 aromatic rings. The number of carbonyl (C=O) groups excluding carboxylic acids is 1. The van der Waals surface area contributed by atoms with Crippen LogP contribution in [0.3, 0.4) is 0 Å². The van der Waals surface area contributed by atoms with E-state index in [4.69, 9.17) is 32.4 Å². The maximum atomic E-state index is 12.5. The zero-order valence-electron chi connectivity index (χ0n) is 16.6. The number of nitrogens with one attached hydrogen (secondary N) is 1. The lowest BCUT2D eigenvalue weighted by molar-refractivity contribution is 0.0992. The zero-order valence-corrected chi connectivity index (χ0v) is 18.2. The fourth-order valence-corrected chi connectivity index (χ4v) is 3.39. The van der Waals surface area contributed by atoms with Crippen LogP contribution in [0.25, 0.3) is 0 Å². The molecule has 1 N–H and O–H groups in total. The number of carbonyl (C=O) groups is 1. The molecular weight excluding hydrogens is 437 g/mol. The second-order valence-corrected chi connectivity index (χ2v) is 7.76. The highest BCUT2D eigenvalue weighted by Gasteiger charge is 2.14. The summed E-state index contributed by atoms with van der Waals surface area (Å²) >= 11 is 12.1. The Bertz CT molecular complexity index is 1180. The van der Waals surface area contributed by atoms with Crippen LogP contribution in [0.5, 0.6) is 5.75 Å². The van der Waals surface area contributed by atoms with Gasteiger partial charge in [-0.15, -0.1) is 0 Å². The van der Waals surface area contributed by atoms with Gasteiger partial charge in [0.05, 0.1) is 11.6 Å². The first-order valence-corrected chi connectivity index (χ1v) is 10.3. The molecule has 0 saturated carbocycles. The molecule has 0 saturated heterocycles. The Labute approximate surface area is 189 Å². The summed E-state index contributed by atoms with van der Waals surface area (Å²) in [6.07, 6.45) is 1.79. The van der Waals surface area contributed by atoms with Crippen LogP contribution in [0.1, 0.15) is 27.4 Å². The maximum absolute atomic E-state index is 12.5. The van der Waals surface area contributed by atoms with Crippen LogP contribution in [0, 0.1) is 6.92 Å². The molecule has 0 spiro atoms. The van der Waals surface area contributed by atoms with Gasteiger partial charge in [-0.25, -0.2) is 0 Å². The summed E-state index contributed by atoms with van der Waals surface area (Å²) in [5, 5.41) is 8.31. The van der Waals surface area contributed by atoms with Crippen LogP contribution in [0.4, 0.5) is 5.82 Å². The molecule has 2 heterocycles. The van der Waals surface area contributed by atoms with E-state index in [2.05, 4.69) is 10.4 Å². The van der Waals surface area contributed by atoms with E-state index in [0.717, 1.165) is 11.1 Å². The van der Waals surface area contributed by atoms with Crippen molar-refractivity contribution in [3.05, 3.63) is 99.6 Å². The van der Waals surface area contributed by atoms with Crippen LogP contribution in [-0.4, -0.2) is 15.7 Å². The van der Waals surface area contributed by atoms with E-state index >= 15 is 0 Å². The molecule has 0 atom stereocenters. The molecule has 0 unspecified atom stereocenters. The molecule has 31 heavy (non-hydrogen) atoms. The molecule has 2 aromatic carbocycles. The number of aromatic nitrogens is 2. The molecule has 0 bridgehead atoms. The largest absolute Gasteiger partial charge is 0.484 e. The molecule has 158 valence electrons. The van der Waals surface area contributed by atoms with E-state index < -0.39 is 5.91 Å². The minimum atomic E-state index is -0.392. The molecule has 1 amide bonds. The van der Waals surface area contributed by atoms with Crippen LogP contribution in [0.2, 0.25) is 10.0 Å². The molecule has 2 aromatic heterocycles. The van der Waals surface area contributed by atoms with E-state index in [9.17, 15) is 4.79 Å². The predicted molar refractivity (Wildman–Crippen MR) is 120 cm³/mol. The fraction of sp³-hybridized carbons (Fsp3) is 0.130. The summed E-state index contributed by atoms with van der Waals surface area (Å²) < 4.78 is 13.1. The number of amides is 1. The van der Waals surface area contributed by atoms with Gasteiger partial charge in [-0.3, -0.25) is 9.48 Å². The zero-order chi connectivity index (χ0) is 21.8. The van der Waals surface area contributed by atoms with Crippen molar-refractivity contribution >= 4 is 34.9 Å².